The van der Waals surface area contributed by atoms with Crippen LogP contribution >= 0.6 is 0 Å². The summed E-state index contributed by atoms with van der Waals surface area (Å²) in [5.41, 5.74) is 1.06. The standard InChI is InChI=1S/C16H23N3O3/c1-12(17-16(21)18(2)3)15(20)19-9-10-22-14(11-19)13-7-5-4-6-8-13/h4-8,12,14H,9-11H2,1-3H3,(H,17,21)/t12-,14?/m0/s1. The van der Waals surface area contributed by atoms with E-state index in [1.165, 1.54) is 4.90 Å². The summed E-state index contributed by atoms with van der Waals surface area (Å²) in [4.78, 5) is 27.3. The summed E-state index contributed by atoms with van der Waals surface area (Å²) < 4.78 is 5.75. The zero-order valence-electron chi connectivity index (χ0n) is 13.3. The number of urea groups is 1. The number of carbonyl (C=O) groups excluding carboxylic acids is 2. The molecule has 2 atom stereocenters. The number of hydrogen-bond donors (Lipinski definition) is 1. The minimum absolute atomic E-state index is 0.0839. The van der Waals surface area contributed by atoms with Crippen LogP contribution in [0.2, 0.25) is 0 Å². The van der Waals surface area contributed by atoms with Gasteiger partial charge in [-0.05, 0) is 12.5 Å². The maximum atomic E-state index is 12.5. The lowest BCUT2D eigenvalue weighted by Gasteiger charge is -2.35. The summed E-state index contributed by atoms with van der Waals surface area (Å²) in [5, 5.41) is 2.69. The fourth-order valence-corrected chi connectivity index (χ4v) is 2.37. The first-order chi connectivity index (χ1) is 10.5. The minimum atomic E-state index is -0.551. The molecule has 0 radical (unpaired) electrons. The molecule has 1 fully saturated rings. The van der Waals surface area contributed by atoms with Crippen LogP contribution in [0, 0.1) is 0 Å². The quantitative estimate of drug-likeness (QED) is 0.914. The largest absolute Gasteiger partial charge is 0.370 e. The van der Waals surface area contributed by atoms with Crippen LogP contribution in [0.15, 0.2) is 30.3 Å². The van der Waals surface area contributed by atoms with Crippen molar-refractivity contribution in [3.8, 4) is 0 Å². The highest BCUT2D eigenvalue weighted by Gasteiger charge is 2.28. The Balaban J connectivity index is 1.97. The van der Waals surface area contributed by atoms with E-state index in [9.17, 15) is 9.59 Å². The van der Waals surface area contributed by atoms with Crippen molar-refractivity contribution < 1.29 is 14.3 Å². The first kappa shape index (κ1) is 16.3. The van der Waals surface area contributed by atoms with Crippen molar-refractivity contribution >= 4 is 11.9 Å². The normalized spacial score (nSPS) is 19.4. The average molecular weight is 305 g/mol. The number of benzene rings is 1. The summed E-state index contributed by atoms with van der Waals surface area (Å²) in [6.07, 6.45) is -0.115. The molecule has 1 aromatic carbocycles. The molecule has 120 valence electrons. The lowest BCUT2D eigenvalue weighted by Crippen LogP contribution is -2.52. The molecule has 3 amide bonds. The average Bonchev–Trinajstić information content (AvgIpc) is 2.54. The highest BCUT2D eigenvalue weighted by molar-refractivity contribution is 5.86. The van der Waals surface area contributed by atoms with Gasteiger partial charge in [0.1, 0.15) is 12.1 Å². The summed E-state index contributed by atoms with van der Waals surface area (Å²) in [7, 11) is 3.29. The van der Waals surface area contributed by atoms with Crippen LogP contribution in [0.5, 0.6) is 0 Å². The van der Waals surface area contributed by atoms with Gasteiger partial charge in [-0.25, -0.2) is 4.79 Å². The number of nitrogens with one attached hydrogen (secondary N) is 1. The van der Waals surface area contributed by atoms with E-state index < -0.39 is 6.04 Å². The second-order valence-electron chi connectivity index (χ2n) is 5.62. The molecular weight excluding hydrogens is 282 g/mol. The van der Waals surface area contributed by atoms with Gasteiger partial charge in [0.25, 0.3) is 0 Å². The van der Waals surface area contributed by atoms with Gasteiger partial charge in [0.05, 0.1) is 13.2 Å². The van der Waals surface area contributed by atoms with Crippen LogP contribution in [-0.4, -0.2) is 61.6 Å². The number of amides is 3. The zero-order chi connectivity index (χ0) is 16.1. The van der Waals surface area contributed by atoms with Crippen molar-refractivity contribution in [3.05, 3.63) is 35.9 Å². The predicted molar refractivity (Wildman–Crippen MR) is 83.4 cm³/mol. The van der Waals surface area contributed by atoms with E-state index >= 15 is 0 Å². The van der Waals surface area contributed by atoms with Crippen LogP contribution in [0.4, 0.5) is 4.79 Å². The van der Waals surface area contributed by atoms with E-state index in [2.05, 4.69) is 5.32 Å². The molecule has 1 aromatic rings. The Labute approximate surface area is 131 Å². The molecule has 1 unspecified atom stereocenters. The van der Waals surface area contributed by atoms with Crippen molar-refractivity contribution in [3.63, 3.8) is 0 Å². The molecule has 1 aliphatic rings. The van der Waals surface area contributed by atoms with Crippen molar-refractivity contribution in [2.45, 2.75) is 19.1 Å². The van der Waals surface area contributed by atoms with E-state index in [1.54, 1.807) is 25.9 Å². The molecule has 1 saturated heterocycles. The van der Waals surface area contributed by atoms with E-state index in [0.717, 1.165) is 5.56 Å². The Morgan fingerprint density at radius 2 is 2.00 bits per heavy atom. The second kappa shape index (κ2) is 7.26. The van der Waals surface area contributed by atoms with Gasteiger partial charge in [-0.15, -0.1) is 0 Å². The van der Waals surface area contributed by atoms with Crippen molar-refractivity contribution in [1.29, 1.82) is 0 Å². The Morgan fingerprint density at radius 1 is 1.32 bits per heavy atom. The van der Waals surface area contributed by atoms with Crippen LogP contribution in [0.1, 0.15) is 18.6 Å². The summed E-state index contributed by atoms with van der Waals surface area (Å²) in [6.45, 7) is 3.26. The van der Waals surface area contributed by atoms with E-state index in [1.807, 2.05) is 30.3 Å². The summed E-state index contributed by atoms with van der Waals surface area (Å²) >= 11 is 0. The first-order valence-corrected chi connectivity index (χ1v) is 7.42. The monoisotopic (exact) mass is 305 g/mol. The van der Waals surface area contributed by atoms with Gasteiger partial charge in [0, 0.05) is 20.6 Å². The Kier molecular flexibility index (Phi) is 5.38. The van der Waals surface area contributed by atoms with E-state index in [4.69, 9.17) is 4.74 Å². The lowest BCUT2D eigenvalue weighted by molar-refractivity contribution is -0.140. The zero-order valence-corrected chi connectivity index (χ0v) is 13.3. The van der Waals surface area contributed by atoms with Crippen molar-refractivity contribution in [2.75, 3.05) is 33.8 Å². The number of hydrogen-bond acceptors (Lipinski definition) is 3. The highest BCUT2D eigenvalue weighted by atomic mass is 16.5. The molecule has 0 aromatic heterocycles. The maximum Gasteiger partial charge on any atom is 0.317 e. The highest BCUT2D eigenvalue weighted by Crippen LogP contribution is 2.22. The topological polar surface area (TPSA) is 61.9 Å². The molecule has 6 heteroatoms. The van der Waals surface area contributed by atoms with Gasteiger partial charge >= 0.3 is 6.03 Å². The van der Waals surface area contributed by atoms with Gasteiger partial charge in [-0.2, -0.15) is 0 Å². The lowest BCUT2D eigenvalue weighted by atomic mass is 10.1. The van der Waals surface area contributed by atoms with Crippen LogP contribution in [0.3, 0.4) is 0 Å². The molecule has 0 saturated carbocycles. The summed E-state index contributed by atoms with van der Waals surface area (Å²) in [6, 6.07) is 9.04. The predicted octanol–water partition coefficient (Wildman–Crippen LogP) is 1.25. The molecule has 1 heterocycles. The van der Waals surface area contributed by atoms with Gasteiger partial charge < -0.3 is 19.9 Å². The van der Waals surface area contributed by atoms with Crippen LogP contribution in [0.25, 0.3) is 0 Å². The molecule has 0 aliphatic carbocycles. The molecular formula is C16H23N3O3. The molecule has 2 rings (SSSR count). The van der Waals surface area contributed by atoms with Crippen LogP contribution in [-0.2, 0) is 9.53 Å². The third-order valence-corrected chi connectivity index (χ3v) is 3.67. The first-order valence-electron chi connectivity index (χ1n) is 7.42. The van der Waals surface area contributed by atoms with Crippen molar-refractivity contribution in [2.24, 2.45) is 0 Å². The molecule has 1 aliphatic heterocycles. The van der Waals surface area contributed by atoms with Gasteiger partial charge in [-0.1, -0.05) is 30.3 Å². The number of nitrogens with zero attached hydrogens (tertiary/aromatic N) is 2. The Bertz CT molecular complexity index is 519. The van der Waals surface area contributed by atoms with E-state index in [-0.39, 0.29) is 18.0 Å². The number of ether oxygens (including phenoxy) is 1. The van der Waals surface area contributed by atoms with E-state index in [0.29, 0.717) is 19.7 Å². The number of morpholine rings is 1. The minimum Gasteiger partial charge on any atom is -0.370 e. The molecule has 0 spiro atoms. The summed E-state index contributed by atoms with van der Waals surface area (Å²) in [5.74, 6) is -0.0839. The third kappa shape index (κ3) is 3.98. The Hall–Kier alpha value is -2.08. The fourth-order valence-electron chi connectivity index (χ4n) is 2.37. The fraction of sp³-hybridized carbons (Fsp3) is 0.500. The van der Waals surface area contributed by atoms with Crippen LogP contribution < -0.4 is 5.32 Å². The smallest absolute Gasteiger partial charge is 0.317 e. The number of rotatable bonds is 3. The SMILES string of the molecule is C[C@H](NC(=O)N(C)C)C(=O)N1CCOC(c2ccccc2)C1. The molecule has 22 heavy (non-hydrogen) atoms. The second-order valence-corrected chi connectivity index (χ2v) is 5.62. The number of carbonyl (C=O) groups is 2. The third-order valence-electron chi connectivity index (χ3n) is 3.67. The maximum absolute atomic E-state index is 12.5. The Morgan fingerprint density at radius 3 is 2.64 bits per heavy atom. The van der Waals surface area contributed by atoms with Gasteiger partial charge in [0.2, 0.25) is 5.91 Å². The van der Waals surface area contributed by atoms with Crippen molar-refractivity contribution in [1.82, 2.24) is 15.1 Å². The molecule has 6 nitrogen and oxygen atoms in total. The molecule has 1 N–H and O–H groups in total. The molecule has 0 bridgehead atoms. The van der Waals surface area contributed by atoms with Gasteiger partial charge in [0.15, 0.2) is 0 Å². The van der Waals surface area contributed by atoms with Gasteiger partial charge in [-0.3, -0.25) is 4.79 Å².